The Morgan fingerprint density at radius 2 is 1.69 bits per heavy atom. The first-order valence-electron chi connectivity index (χ1n) is 9.35. The molecule has 0 bridgehead atoms. The molecule has 0 saturated carbocycles. The summed E-state index contributed by atoms with van der Waals surface area (Å²) in [5.41, 5.74) is 3.84. The summed E-state index contributed by atoms with van der Waals surface area (Å²) < 4.78 is 5.53. The first-order valence-corrected chi connectivity index (χ1v) is 9.35. The number of nitrogens with zero attached hydrogens (tertiary/aromatic N) is 1. The minimum Gasteiger partial charge on any atom is -0.492 e. The van der Waals surface area contributed by atoms with Gasteiger partial charge in [-0.3, -0.25) is 14.6 Å². The lowest BCUT2D eigenvalue weighted by atomic mass is 10.1. The molecule has 148 valence electrons. The van der Waals surface area contributed by atoms with E-state index in [0.29, 0.717) is 29.3 Å². The minimum absolute atomic E-state index is 0.163. The number of para-hydroxylation sites is 2. The number of aryl methyl sites for hydroxylation is 2. The number of hydrogen-bond donors (Lipinski definition) is 2. The molecule has 0 unspecified atom stereocenters. The van der Waals surface area contributed by atoms with Gasteiger partial charge in [-0.2, -0.15) is 0 Å². The highest BCUT2D eigenvalue weighted by Crippen LogP contribution is 2.24. The van der Waals surface area contributed by atoms with Crippen molar-refractivity contribution in [2.45, 2.75) is 20.8 Å². The van der Waals surface area contributed by atoms with Crippen molar-refractivity contribution in [3.8, 4) is 5.75 Å². The van der Waals surface area contributed by atoms with E-state index in [1.54, 1.807) is 18.2 Å². The second-order valence-electron chi connectivity index (χ2n) is 6.59. The molecule has 0 atom stereocenters. The quantitative estimate of drug-likeness (QED) is 0.646. The molecule has 0 aliphatic heterocycles. The van der Waals surface area contributed by atoms with Crippen molar-refractivity contribution < 1.29 is 14.3 Å². The molecule has 0 saturated heterocycles. The van der Waals surface area contributed by atoms with Gasteiger partial charge >= 0.3 is 0 Å². The molecule has 0 spiro atoms. The molecule has 2 aromatic carbocycles. The zero-order valence-corrected chi connectivity index (χ0v) is 16.7. The van der Waals surface area contributed by atoms with Gasteiger partial charge in [0.05, 0.1) is 12.3 Å². The summed E-state index contributed by atoms with van der Waals surface area (Å²) in [5, 5.41) is 5.66. The summed E-state index contributed by atoms with van der Waals surface area (Å²) in [6.07, 6.45) is 1.44. The fourth-order valence-electron chi connectivity index (χ4n) is 2.88. The first-order chi connectivity index (χ1) is 14.0. The largest absolute Gasteiger partial charge is 0.492 e. The fourth-order valence-corrected chi connectivity index (χ4v) is 2.88. The molecule has 0 fully saturated rings. The van der Waals surface area contributed by atoms with Gasteiger partial charge in [-0.1, -0.05) is 29.8 Å². The maximum atomic E-state index is 12.7. The maximum Gasteiger partial charge on any atom is 0.274 e. The van der Waals surface area contributed by atoms with E-state index in [1.807, 2.05) is 51.1 Å². The molecule has 3 aromatic rings. The summed E-state index contributed by atoms with van der Waals surface area (Å²) in [7, 11) is 0. The van der Waals surface area contributed by atoms with Crippen LogP contribution in [0.4, 0.5) is 11.4 Å². The minimum atomic E-state index is -0.374. The second kappa shape index (κ2) is 9.01. The lowest BCUT2D eigenvalue weighted by molar-refractivity contribution is 0.102. The molecule has 2 amide bonds. The third-order valence-corrected chi connectivity index (χ3v) is 4.32. The lowest BCUT2D eigenvalue weighted by Gasteiger charge is -2.12. The van der Waals surface area contributed by atoms with Crippen molar-refractivity contribution in [3.05, 3.63) is 83.2 Å². The summed E-state index contributed by atoms with van der Waals surface area (Å²) in [4.78, 5) is 29.4. The van der Waals surface area contributed by atoms with Crippen LogP contribution in [0, 0.1) is 13.8 Å². The van der Waals surface area contributed by atoms with Crippen molar-refractivity contribution in [2.24, 2.45) is 0 Å². The van der Waals surface area contributed by atoms with E-state index in [9.17, 15) is 9.59 Å². The van der Waals surface area contributed by atoms with Gasteiger partial charge in [0, 0.05) is 17.4 Å². The molecule has 0 radical (unpaired) electrons. The molecule has 0 aliphatic rings. The smallest absolute Gasteiger partial charge is 0.274 e. The third-order valence-electron chi connectivity index (χ3n) is 4.32. The van der Waals surface area contributed by atoms with Gasteiger partial charge in [-0.05, 0) is 56.7 Å². The summed E-state index contributed by atoms with van der Waals surface area (Å²) in [5.74, 6) is -0.133. The Balaban J connectivity index is 1.76. The Kier molecular flexibility index (Phi) is 6.24. The molecule has 29 heavy (non-hydrogen) atoms. The summed E-state index contributed by atoms with van der Waals surface area (Å²) in [6.45, 7) is 6.29. The number of aromatic nitrogens is 1. The molecular weight excluding hydrogens is 366 g/mol. The summed E-state index contributed by atoms with van der Waals surface area (Å²) in [6, 6.07) is 16.0. The van der Waals surface area contributed by atoms with Crippen molar-refractivity contribution in [2.75, 3.05) is 17.2 Å². The van der Waals surface area contributed by atoms with Crippen LogP contribution in [0.2, 0.25) is 0 Å². The Morgan fingerprint density at radius 3 is 2.45 bits per heavy atom. The molecule has 0 aliphatic carbocycles. The number of rotatable bonds is 6. The van der Waals surface area contributed by atoms with Crippen LogP contribution >= 0.6 is 0 Å². The number of benzene rings is 2. The average molecular weight is 389 g/mol. The van der Waals surface area contributed by atoms with Gasteiger partial charge in [-0.25, -0.2) is 0 Å². The van der Waals surface area contributed by atoms with Crippen molar-refractivity contribution in [3.63, 3.8) is 0 Å². The number of carbonyl (C=O) groups excluding carboxylic acids is 2. The van der Waals surface area contributed by atoms with E-state index in [4.69, 9.17) is 4.74 Å². The van der Waals surface area contributed by atoms with E-state index in [-0.39, 0.29) is 17.5 Å². The van der Waals surface area contributed by atoms with Gasteiger partial charge in [0.2, 0.25) is 0 Å². The number of nitrogens with one attached hydrogen (secondary N) is 2. The van der Waals surface area contributed by atoms with Crippen molar-refractivity contribution >= 4 is 23.2 Å². The van der Waals surface area contributed by atoms with E-state index in [1.165, 1.54) is 12.3 Å². The van der Waals surface area contributed by atoms with Crippen LogP contribution in [0.3, 0.4) is 0 Å². The number of carbonyl (C=O) groups is 2. The van der Waals surface area contributed by atoms with Gasteiger partial charge in [0.25, 0.3) is 11.8 Å². The number of hydrogen-bond acceptors (Lipinski definition) is 4. The van der Waals surface area contributed by atoms with Crippen LogP contribution < -0.4 is 15.4 Å². The highest BCUT2D eigenvalue weighted by Gasteiger charge is 2.14. The summed E-state index contributed by atoms with van der Waals surface area (Å²) >= 11 is 0. The number of pyridine rings is 1. The number of amides is 2. The topological polar surface area (TPSA) is 80.3 Å². The number of ether oxygens (including phenoxy) is 1. The highest BCUT2D eigenvalue weighted by atomic mass is 16.5. The van der Waals surface area contributed by atoms with Gasteiger partial charge in [0.15, 0.2) is 0 Å². The maximum absolute atomic E-state index is 12.7. The zero-order chi connectivity index (χ0) is 20.8. The monoisotopic (exact) mass is 389 g/mol. The Labute approximate surface area is 169 Å². The molecule has 1 aromatic heterocycles. The fraction of sp³-hybridized carbons (Fsp3) is 0.174. The van der Waals surface area contributed by atoms with Crippen LogP contribution in [0.5, 0.6) is 5.75 Å². The molecule has 6 nitrogen and oxygen atoms in total. The van der Waals surface area contributed by atoms with Crippen molar-refractivity contribution in [1.82, 2.24) is 4.98 Å². The normalized spacial score (nSPS) is 10.3. The Bertz CT molecular complexity index is 1050. The number of anilines is 2. The second-order valence-corrected chi connectivity index (χ2v) is 6.59. The van der Waals surface area contributed by atoms with E-state index in [0.717, 1.165) is 11.1 Å². The lowest BCUT2D eigenvalue weighted by Crippen LogP contribution is -2.17. The van der Waals surface area contributed by atoms with Gasteiger partial charge < -0.3 is 15.4 Å². The van der Waals surface area contributed by atoms with E-state index in [2.05, 4.69) is 15.6 Å². The van der Waals surface area contributed by atoms with Gasteiger partial charge in [0.1, 0.15) is 11.4 Å². The van der Waals surface area contributed by atoms with Crippen LogP contribution in [-0.2, 0) is 0 Å². The predicted molar refractivity (Wildman–Crippen MR) is 114 cm³/mol. The average Bonchev–Trinajstić information content (AvgIpc) is 2.71. The highest BCUT2D eigenvalue weighted by molar-refractivity contribution is 6.08. The predicted octanol–water partition coefficient (Wildman–Crippen LogP) is 4.60. The molecule has 2 N–H and O–H groups in total. The van der Waals surface area contributed by atoms with Crippen LogP contribution in [0.25, 0.3) is 0 Å². The molecular formula is C23H23N3O3. The van der Waals surface area contributed by atoms with Gasteiger partial charge in [-0.15, -0.1) is 0 Å². The van der Waals surface area contributed by atoms with Crippen molar-refractivity contribution in [1.29, 1.82) is 0 Å². The third kappa shape index (κ3) is 4.99. The molecule has 1 heterocycles. The van der Waals surface area contributed by atoms with Crippen LogP contribution in [0.15, 0.2) is 60.8 Å². The SMILES string of the molecule is CCOc1ccccc1NC(=O)c1ccnc(C(=O)Nc2ccc(C)cc2C)c1. The Morgan fingerprint density at radius 1 is 0.931 bits per heavy atom. The van der Waals surface area contributed by atoms with Crippen LogP contribution in [-0.4, -0.2) is 23.4 Å². The van der Waals surface area contributed by atoms with Crippen LogP contribution in [0.1, 0.15) is 38.9 Å². The first kappa shape index (κ1) is 20.1. The van der Waals surface area contributed by atoms with E-state index >= 15 is 0 Å². The Hall–Kier alpha value is -3.67. The van der Waals surface area contributed by atoms with E-state index < -0.39 is 0 Å². The zero-order valence-electron chi connectivity index (χ0n) is 16.7. The molecule has 6 heteroatoms. The standard InChI is InChI=1S/C23H23N3O3/c1-4-29-21-8-6-5-7-19(21)26-22(27)17-11-12-24-20(14-17)23(28)25-18-10-9-15(2)13-16(18)3/h5-14H,4H2,1-3H3,(H,25,28)(H,26,27). The molecule has 3 rings (SSSR count).